The summed E-state index contributed by atoms with van der Waals surface area (Å²) in [6, 6.07) is 3.98. The summed E-state index contributed by atoms with van der Waals surface area (Å²) >= 11 is 6.27. The molecule has 0 aliphatic carbocycles. The lowest BCUT2D eigenvalue weighted by molar-refractivity contribution is 0.267. The molecule has 2 N–H and O–H groups in total. The van der Waals surface area contributed by atoms with Crippen molar-refractivity contribution in [3.05, 3.63) is 29.0 Å². The summed E-state index contributed by atoms with van der Waals surface area (Å²) in [5, 5.41) is -0.557. The highest BCUT2D eigenvalue weighted by atomic mass is 79.9. The zero-order valence-corrected chi connectivity index (χ0v) is 9.58. The molecule has 13 heavy (non-hydrogen) atoms. The van der Waals surface area contributed by atoms with Crippen LogP contribution in [-0.2, 0) is 0 Å². The summed E-state index contributed by atoms with van der Waals surface area (Å²) in [7, 11) is 0. The molecule has 1 rings (SSSR count). The topological polar surface area (TPSA) is 43.1 Å². The van der Waals surface area contributed by atoms with Crippen LogP contribution in [0, 0.1) is 5.82 Å². The lowest BCUT2D eigenvalue weighted by Crippen LogP contribution is -2.01. The summed E-state index contributed by atoms with van der Waals surface area (Å²) in [6.45, 7) is 0. The Balaban J connectivity index is 0.00000144. The molecule has 0 radical (unpaired) electrons. The number of halogens is 3. The SMILES string of the molecule is Br.NC(=O)Sc1ccc(F)c(Cl)c1. The van der Waals surface area contributed by atoms with Gasteiger partial charge in [0.2, 0.25) is 0 Å². The molecule has 0 spiro atoms. The minimum atomic E-state index is -0.544. The van der Waals surface area contributed by atoms with Gasteiger partial charge in [-0.1, -0.05) is 11.6 Å². The van der Waals surface area contributed by atoms with Crippen molar-refractivity contribution in [3.8, 4) is 0 Å². The first-order valence-electron chi connectivity index (χ1n) is 3.02. The average molecular weight is 287 g/mol. The molecule has 0 saturated carbocycles. The van der Waals surface area contributed by atoms with Crippen LogP contribution in [0.15, 0.2) is 23.1 Å². The molecule has 72 valence electrons. The van der Waals surface area contributed by atoms with E-state index in [0.717, 1.165) is 11.8 Å². The van der Waals surface area contributed by atoms with Gasteiger partial charge in [-0.3, -0.25) is 4.79 Å². The van der Waals surface area contributed by atoms with Crippen molar-refractivity contribution in [1.29, 1.82) is 0 Å². The second kappa shape index (κ2) is 5.47. The smallest absolute Gasteiger partial charge is 0.281 e. The summed E-state index contributed by atoms with van der Waals surface area (Å²) in [6.07, 6.45) is 0. The molecular formula is C7H6BrClFNOS. The summed E-state index contributed by atoms with van der Waals surface area (Å²) < 4.78 is 12.6. The van der Waals surface area contributed by atoms with E-state index in [-0.39, 0.29) is 22.0 Å². The van der Waals surface area contributed by atoms with Crippen molar-refractivity contribution in [2.45, 2.75) is 4.90 Å². The van der Waals surface area contributed by atoms with Gasteiger partial charge in [0.15, 0.2) is 0 Å². The fourth-order valence-electron chi connectivity index (χ4n) is 0.656. The number of primary amides is 1. The Labute approximate surface area is 94.4 Å². The van der Waals surface area contributed by atoms with E-state index in [9.17, 15) is 9.18 Å². The fraction of sp³-hybridized carbons (Fsp3) is 0. The van der Waals surface area contributed by atoms with Crippen LogP contribution >= 0.6 is 40.3 Å². The molecule has 6 heteroatoms. The molecule has 1 aromatic carbocycles. The van der Waals surface area contributed by atoms with Gasteiger partial charge in [-0.05, 0) is 30.0 Å². The monoisotopic (exact) mass is 285 g/mol. The summed E-state index contributed by atoms with van der Waals surface area (Å²) in [4.78, 5) is 10.9. The zero-order valence-electron chi connectivity index (χ0n) is 6.29. The van der Waals surface area contributed by atoms with Gasteiger partial charge in [-0.2, -0.15) is 0 Å². The van der Waals surface area contributed by atoms with E-state index in [1.54, 1.807) is 0 Å². The molecule has 2 nitrogen and oxygen atoms in total. The summed E-state index contributed by atoms with van der Waals surface area (Å²) in [5.41, 5.74) is 4.90. The van der Waals surface area contributed by atoms with Gasteiger partial charge < -0.3 is 5.73 Å². The molecule has 0 fully saturated rings. The quantitative estimate of drug-likeness (QED) is 0.806. The number of carbonyl (C=O) groups excluding carboxylic acids is 1. The standard InChI is InChI=1S/C7H5ClFNOS.BrH/c8-5-3-4(12-7(10)11)1-2-6(5)9;/h1-3H,(H2,10,11);1H. The zero-order chi connectivity index (χ0) is 9.14. The van der Waals surface area contributed by atoms with Crippen LogP contribution in [0.4, 0.5) is 9.18 Å². The molecule has 0 aliphatic heterocycles. The Morgan fingerprint density at radius 1 is 1.54 bits per heavy atom. The molecule has 1 amide bonds. The number of rotatable bonds is 1. The highest BCUT2D eigenvalue weighted by Crippen LogP contribution is 2.23. The highest BCUT2D eigenvalue weighted by molar-refractivity contribution is 8.93. The molecule has 1 aromatic rings. The third-order valence-corrected chi connectivity index (χ3v) is 2.09. The lowest BCUT2D eigenvalue weighted by Gasteiger charge is -1.97. The van der Waals surface area contributed by atoms with Crippen molar-refractivity contribution in [1.82, 2.24) is 0 Å². The number of benzene rings is 1. The maximum absolute atomic E-state index is 12.6. The van der Waals surface area contributed by atoms with Gasteiger partial charge in [0.25, 0.3) is 5.24 Å². The molecule has 0 saturated heterocycles. The normalized spacial score (nSPS) is 9.08. The van der Waals surface area contributed by atoms with Crippen LogP contribution < -0.4 is 5.73 Å². The van der Waals surface area contributed by atoms with Gasteiger partial charge in [0.05, 0.1) is 5.02 Å². The molecule has 0 unspecified atom stereocenters. The van der Waals surface area contributed by atoms with Gasteiger partial charge in [-0.25, -0.2) is 4.39 Å². The highest BCUT2D eigenvalue weighted by Gasteiger charge is 2.03. The molecule has 0 aromatic heterocycles. The summed E-state index contributed by atoms with van der Waals surface area (Å²) in [5.74, 6) is -0.509. The molecular weight excluding hydrogens is 281 g/mol. The van der Waals surface area contributed by atoms with Crippen molar-refractivity contribution in [2.24, 2.45) is 5.73 Å². The minimum Gasteiger partial charge on any atom is -0.360 e. The Morgan fingerprint density at radius 2 is 2.15 bits per heavy atom. The van der Waals surface area contributed by atoms with Crippen molar-refractivity contribution < 1.29 is 9.18 Å². The number of hydrogen-bond acceptors (Lipinski definition) is 2. The van der Waals surface area contributed by atoms with Crippen LogP contribution in [0.1, 0.15) is 0 Å². The van der Waals surface area contributed by atoms with Gasteiger partial charge in [0.1, 0.15) is 5.82 Å². The average Bonchev–Trinajstić information content (AvgIpc) is 1.96. The lowest BCUT2D eigenvalue weighted by atomic mass is 10.3. The van der Waals surface area contributed by atoms with Crippen molar-refractivity contribution >= 4 is 45.6 Å². The number of amides is 1. The van der Waals surface area contributed by atoms with Crippen molar-refractivity contribution in [2.75, 3.05) is 0 Å². The molecule has 0 bridgehead atoms. The van der Waals surface area contributed by atoms with Crippen molar-refractivity contribution in [3.63, 3.8) is 0 Å². The number of thioether (sulfide) groups is 1. The minimum absolute atomic E-state index is 0. The first kappa shape index (κ1) is 12.7. The van der Waals surface area contributed by atoms with Crippen LogP contribution in [0.3, 0.4) is 0 Å². The first-order chi connectivity index (χ1) is 5.59. The van der Waals surface area contributed by atoms with Gasteiger partial charge in [-0.15, -0.1) is 17.0 Å². The maximum Gasteiger partial charge on any atom is 0.281 e. The maximum atomic E-state index is 12.6. The third-order valence-electron chi connectivity index (χ3n) is 1.11. The van der Waals surface area contributed by atoms with Crippen LogP contribution in [0.5, 0.6) is 0 Å². The van der Waals surface area contributed by atoms with E-state index in [2.05, 4.69) is 0 Å². The largest absolute Gasteiger partial charge is 0.360 e. The Kier molecular flexibility index (Phi) is 5.36. The second-order valence-electron chi connectivity index (χ2n) is 2.00. The van der Waals surface area contributed by atoms with E-state index in [1.165, 1.54) is 18.2 Å². The molecule has 0 atom stereocenters. The second-order valence-corrected chi connectivity index (χ2v) is 3.48. The molecule has 0 heterocycles. The Bertz CT molecular complexity index is 323. The van der Waals surface area contributed by atoms with E-state index >= 15 is 0 Å². The molecule has 0 aliphatic rings. The van der Waals surface area contributed by atoms with Gasteiger partial charge >= 0.3 is 0 Å². The van der Waals surface area contributed by atoms with E-state index < -0.39 is 11.1 Å². The first-order valence-corrected chi connectivity index (χ1v) is 4.21. The van der Waals surface area contributed by atoms with E-state index in [0.29, 0.717) is 4.90 Å². The van der Waals surface area contributed by atoms with E-state index in [1.807, 2.05) is 0 Å². The fourth-order valence-corrected chi connectivity index (χ4v) is 1.45. The van der Waals surface area contributed by atoms with Gasteiger partial charge in [0, 0.05) is 4.90 Å². The van der Waals surface area contributed by atoms with Crippen LogP contribution in [0.25, 0.3) is 0 Å². The van der Waals surface area contributed by atoms with Crippen LogP contribution in [-0.4, -0.2) is 5.24 Å². The number of nitrogens with two attached hydrogens (primary N) is 1. The predicted octanol–water partition coefficient (Wildman–Crippen LogP) is 3.23. The Morgan fingerprint density at radius 3 is 2.62 bits per heavy atom. The van der Waals surface area contributed by atoms with E-state index in [4.69, 9.17) is 17.3 Å². The third kappa shape index (κ3) is 3.97. The predicted molar refractivity (Wildman–Crippen MR) is 57.2 cm³/mol. The number of hydrogen-bond donors (Lipinski definition) is 1. The number of carbonyl (C=O) groups is 1. The Hall–Kier alpha value is -0.260. The van der Waals surface area contributed by atoms with Crippen LogP contribution in [0.2, 0.25) is 5.02 Å².